The van der Waals surface area contributed by atoms with E-state index >= 15 is 0 Å². The summed E-state index contributed by atoms with van der Waals surface area (Å²) in [6.45, 7) is 3.48. The molecule has 0 bridgehead atoms. The predicted octanol–water partition coefficient (Wildman–Crippen LogP) is 3.77. The molecular weight excluding hydrogens is 284 g/mol. The zero-order chi connectivity index (χ0) is 15.9. The quantitative estimate of drug-likeness (QED) is 0.690. The molecule has 4 aliphatic carbocycles. The Morgan fingerprint density at radius 1 is 1.04 bits per heavy atom. The maximum absolute atomic E-state index is 10.1. The molecule has 2 heteroatoms. The highest BCUT2D eigenvalue weighted by atomic mass is 16.5. The Balaban J connectivity index is 1.47. The van der Waals surface area contributed by atoms with E-state index in [1.807, 2.05) is 0 Å². The predicted molar refractivity (Wildman–Crippen MR) is 89.6 cm³/mol. The molecule has 1 N–H and O–H groups in total. The van der Waals surface area contributed by atoms with Crippen molar-refractivity contribution in [3.8, 4) is 12.3 Å². The summed E-state index contributed by atoms with van der Waals surface area (Å²) in [5.74, 6) is 6.35. The molecule has 0 amide bonds. The second-order valence-corrected chi connectivity index (χ2v) is 9.58. The number of ether oxygens (including phenoxy) is 1. The lowest BCUT2D eigenvalue weighted by molar-refractivity contribution is -0.265. The monoisotopic (exact) mass is 314 g/mol. The van der Waals surface area contributed by atoms with E-state index in [9.17, 15) is 5.11 Å². The van der Waals surface area contributed by atoms with E-state index in [-0.39, 0.29) is 11.7 Å². The van der Waals surface area contributed by atoms with Crippen molar-refractivity contribution in [1.82, 2.24) is 0 Å². The van der Waals surface area contributed by atoms with Gasteiger partial charge in [0.05, 0.1) is 12.7 Å². The second-order valence-electron chi connectivity index (χ2n) is 9.58. The fourth-order valence-electron chi connectivity index (χ4n) is 7.99. The molecule has 5 rings (SSSR count). The van der Waals surface area contributed by atoms with Crippen molar-refractivity contribution in [3.63, 3.8) is 0 Å². The molecule has 1 saturated heterocycles. The van der Waals surface area contributed by atoms with Crippen LogP contribution in [0.15, 0.2) is 0 Å². The molecular formula is C21H30O2. The minimum Gasteiger partial charge on any atom is -0.393 e. The molecule has 126 valence electrons. The SMILES string of the molecule is C#CC12CCC3C4CCC5CC(O)CCC5(C)C4CCC31CO2. The molecule has 8 atom stereocenters. The zero-order valence-electron chi connectivity index (χ0n) is 14.4. The van der Waals surface area contributed by atoms with Crippen molar-refractivity contribution in [2.75, 3.05) is 6.61 Å². The summed E-state index contributed by atoms with van der Waals surface area (Å²) in [6, 6.07) is 0. The maximum atomic E-state index is 10.1. The summed E-state index contributed by atoms with van der Waals surface area (Å²) in [6.07, 6.45) is 16.9. The summed E-state index contributed by atoms with van der Waals surface area (Å²) in [5, 5.41) is 10.1. The third kappa shape index (κ3) is 1.60. The molecule has 1 aliphatic heterocycles. The average molecular weight is 314 g/mol. The molecule has 5 fully saturated rings. The third-order valence-electron chi connectivity index (χ3n) is 9.27. The molecule has 0 aromatic rings. The van der Waals surface area contributed by atoms with E-state index in [1.165, 1.54) is 38.5 Å². The number of aliphatic hydroxyl groups excluding tert-OH is 1. The van der Waals surface area contributed by atoms with Gasteiger partial charge in [-0.3, -0.25) is 0 Å². The summed E-state index contributed by atoms with van der Waals surface area (Å²) >= 11 is 0. The van der Waals surface area contributed by atoms with Gasteiger partial charge in [0.25, 0.3) is 0 Å². The summed E-state index contributed by atoms with van der Waals surface area (Å²) in [5.41, 5.74) is 0.583. The van der Waals surface area contributed by atoms with Crippen molar-refractivity contribution < 1.29 is 9.84 Å². The highest BCUT2D eigenvalue weighted by molar-refractivity contribution is 5.29. The van der Waals surface area contributed by atoms with Crippen molar-refractivity contribution in [3.05, 3.63) is 0 Å². The lowest BCUT2D eigenvalue weighted by atomic mass is 9.43. The highest BCUT2D eigenvalue weighted by Gasteiger charge is 2.71. The van der Waals surface area contributed by atoms with E-state index in [4.69, 9.17) is 11.2 Å². The zero-order valence-corrected chi connectivity index (χ0v) is 14.4. The van der Waals surface area contributed by atoms with Gasteiger partial charge in [-0.15, -0.1) is 6.42 Å². The van der Waals surface area contributed by atoms with Crippen LogP contribution in [-0.4, -0.2) is 23.4 Å². The van der Waals surface area contributed by atoms with Crippen molar-refractivity contribution in [2.45, 2.75) is 76.4 Å². The van der Waals surface area contributed by atoms with Gasteiger partial charge in [-0.1, -0.05) is 12.8 Å². The van der Waals surface area contributed by atoms with Crippen LogP contribution < -0.4 is 0 Å². The Kier molecular flexibility index (Phi) is 2.93. The van der Waals surface area contributed by atoms with Gasteiger partial charge in [-0.25, -0.2) is 0 Å². The van der Waals surface area contributed by atoms with Gasteiger partial charge >= 0.3 is 0 Å². The number of fused-ring (bicyclic) bond motifs is 4. The average Bonchev–Trinajstić information content (AvgIpc) is 2.77. The van der Waals surface area contributed by atoms with Crippen molar-refractivity contribution in [2.24, 2.45) is 34.5 Å². The number of rotatable bonds is 0. The molecule has 2 nitrogen and oxygen atoms in total. The molecule has 5 aliphatic rings. The Morgan fingerprint density at radius 3 is 2.61 bits per heavy atom. The van der Waals surface area contributed by atoms with Crippen LogP contribution in [0.3, 0.4) is 0 Å². The number of hydrogen-bond acceptors (Lipinski definition) is 2. The largest absolute Gasteiger partial charge is 0.393 e. The second kappa shape index (κ2) is 4.55. The Morgan fingerprint density at radius 2 is 1.87 bits per heavy atom. The third-order valence-corrected chi connectivity index (χ3v) is 9.27. The van der Waals surface area contributed by atoms with Gasteiger partial charge in [-0.2, -0.15) is 0 Å². The normalized spacial score (nSPS) is 60.5. The number of aliphatic hydroxyl groups is 1. The van der Waals surface area contributed by atoms with Crippen LogP contribution in [0.2, 0.25) is 0 Å². The smallest absolute Gasteiger partial charge is 0.136 e. The van der Waals surface area contributed by atoms with Crippen LogP contribution in [0.1, 0.15) is 64.7 Å². The first-order valence-corrected chi connectivity index (χ1v) is 9.84. The van der Waals surface area contributed by atoms with Gasteiger partial charge in [0, 0.05) is 5.41 Å². The standard InChI is InChI=1S/C21H30O2/c1-3-21-11-8-18-16-5-4-14-12-15(22)6-9-19(14,2)17(16)7-10-20(18,21)13-23-21/h1,14-18,22H,4-13H2,2H3. The van der Waals surface area contributed by atoms with Crippen LogP contribution in [-0.2, 0) is 4.74 Å². The van der Waals surface area contributed by atoms with Crippen LogP contribution in [0.25, 0.3) is 0 Å². The number of hydrogen-bond donors (Lipinski definition) is 1. The molecule has 0 aromatic carbocycles. The van der Waals surface area contributed by atoms with Crippen LogP contribution in [0, 0.1) is 46.8 Å². The fourth-order valence-corrected chi connectivity index (χ4v) is 7.99. The van der Waals surface area contributed by atoms with Crippen molar-refractivity contribution >= 4 is 0 Å². The number of terminal acetylenes is 1. The Bertz CT molecular complexity index is 565. The Hall–Kier alpha value is -0.520. The van der Waals surface area contributed by atoms with Crippen LogP contribution >= 0.6 is 0 Å². The lowest BCUT2D eigenvalue weighted by Gasteiger charge is -2.65. The highest BCUT2D eigenvalue weighted by Crippen LogP contribution is 2.71. The van der Waals surface area contributed by atoms with Gasteiger partial charge in [0.15, 0.2) is 0 Å². The van der Waals surface area contributed by atoms with Gasteiger partial charge in [0.2, 0.25) is 0 Å². The molecule has 4 saturated carbocycles. The fraction of sp³-hybridized carbons (Fsp3) is 0.905. The molecule has 23 heavy (non-hydrogen) atoms. The van der Waals surface area contributed by atoms with Crippen molar-refractivity contribution in [1.29, 1.82) is 0 Å². The summed E-state index contributed by atoms with van der Waals surface area (Å²) in [7, 11) is 0. The first-order valence-electron chi connectivity index (χ1n) is 9.84. The van der Waals surface area contributed by atoms with Gasteiger partial charge in [-0.05, 0) is 86.9 Å². The van der Waals surface area contributed by atoms with Gasteiger partial charge < -0.3 is 9.84 Å². The summed E-state index contributed by atoms with van der Waals surface area (Å²) < 4.78 is 6.01. The van der Waals surface area contributed by atoms with E-state index in [0.29, 0.717) is 10.8 Å². The molecule has 1 spiro atoms. The van der Waals surface area contributed by atoms with Crippen LogP contribution in [0.5, 0.6) is 0 Å². The molecule has 0 aromatic heterocycles. The molecule has 1 heterocycles. The molecule has 8 unspecified atom stereocenters. The van der Waals surface area contributed by atoms with E-state index in [2.05, 4.69) is 12.8 Å². The lowest BCUT2D eigenvalue weighted by Crippen LogP contribution is -2.66. The first kappa shape index (κ1) is 14.8. The van der Waals surface area contributed by atoms with E-state index in [1.54, 1.807) is 0 Å². The first-order chi connectivity index (χ1) is 11.0. The minimum absolute atomic E-state index is 0.0415. The topological polar surface area (TPSA) is 29.5 Å². The minimum atomic E-state index is -0.205. The van der Waals surface area contributed by atoms with E-state index in [0.717, 1.165) is 49.5 Å². The summed E-state index contributed by atoms with van der Waals surface area (Å²) in [4.78, 5) is 0. The molecule has 0 radical (unpaired) electrons. The Labute approximate surface area is 140 Å². The maximum Gasteiger partial charge on any atom is 0.136 e. The van der Waals surface area contributed by atoms with Crippen LogP contribution in [0.4, 0.5) is 0 Å². The van der Waals surface area contributed by atoms with Gasteiger partial charge in [0.1, 0.15) is 5.60 Å². The van der Waals surface area contributed by atoms with E-state index < -0.39 is 0 Å².